The first-order valence-corrected chi connectivity index (χ1v) is 5.16. The molecule has 15 heavy (non-hydrogen) atoms. The minimum absolute atomic E-state index is 0.371. The zero-order chi connectivity index (χ0) is 10.5. The van der Waals surface area contributed by atoms with Crippen LogP contribution in [0.2, 0.25) is 0 Å². The van der Waals surface area contributed by atoms with Crippen LogP contribution in [0.1, 0.15) is 17.9 Å². The highest BCUT2D eigenvalue weighted by Gasteiger charge is 2.14. The summed E-state index contributed by atoms with van der Waals surface area (Å²) in [5.41, 5.74) is 0. The summed E-state index contributed by atoms with van der Waals surface area (Å²) in [5.74, 6) is 1.80. The van der Waals surface area contributed by atoms with Crippen LogP contribution in [-0.2, 0) is 11.3 Å². The average Bonchev–Trinajstić information content (AvgIpc) is 2.88. The number of rotatable bonds is 4. The van der Waals surface area contributed by atoms with Gasteiger partial charge in [0, 0.05) is 13.2 Å². The third kappa shape index (κ3) is 2.82. The maximum Gasteiger partial charge on any atom is 0.203 e. The molecule has 1 atom stereocenters. The van der Waals surface area contributed by atoms with Gasteiger partial charge in [0.2, 0.25) is 5.76 Å². The monoisotopic (exact) mass is 206 g/mol. The van der Waals surface area contributed by atoms with Gasteiger partial charge in [-0.3, -0.25) is 0 Å². The fourth-order valence-electron chi connectivity index (χ4n) is 1.68. The zero-order valence-corrected chi connectivity index (χ0v) is 8.53. The van der Waals surface area contributed by atoms with Crippen molar-refractivity contribution in [1.29, 1.82) is 5.26 Å². The van der Waals surface area contributed by atoms with E-state index in [4.69, 9.17) is 14.4 Å². The molecule has 0 aliphatic carbocycles. The van der Waals surface area contributed by atoms with Gasteiger partial charge < -0.3 is 14.5 Å². The highest BCUT2D eigenvalue weighted by atomic mass is 16.5. The van der Waals surface area contributed by atoms with Crippen molar-refractivity contribution < 1.29 is 9.15 Å². The molecule has 1 aliphatic rings. The van der Waals surface area contributed by atoms with Gasteiger partial charge in [-0.15, -0.1) is 0 Å². The van der Waals surface area contributed by atoms with E-state index in [0.717, 1.165) is 31.9 Å². The lowest BCUT2D eigenvalue weighted by Crippen LogP contribution is -2.22. The molecule has 0 spiro atoms. The van der Waals surface area contributed by atoms with Crippen LogP contribution in [0.5, 0.6) is 0 Å². The number of hydrogen-bond donors (Lipinski definition) is 1. The molecule has 1 aromatic heterocycles. The molecule has 0 amide bonds. The fourth-order valence-corrected chi connectivity index (χ4v) is 1.68. The summed E-state index contributed by atoms with van der Waals surface area (Å²) < 4.78 is 10.5. The molecule has 1 aromatic rings. The van der Waals surface area contributed by atoms with Crippen LogP contribution in [0, 0.1) is 17.2 Å². The molecule has 4 heteroatoms. The molecule has 2 rings (SSSR count). The maximum absolute atomic E-state index is 8.57. The van der Waals surface area contributed by atoms with Gasteiger partial charge in [0.15, 0.2) is 0 Å². The standard InChI is InChI=1S/C11H14N2O2/c12-5-10-1-2-11(15-10)7-13-6-9-3-4-14-8-9/h1-2,9,13H,3-4,6-8H2. The first kappa shape index (κ1) is 10.2. The van der Waals surface area contributed by atoms with Gasteiger partial charge in [-0.25, -0.2) is 0 Å². The van der Waals surface area contributed by atoms with E-state index >= 15 is 0 Å². The Bertz CT molecular complexity index is 348. The smallest absolute Gasteiger partial charge is 0.203 e. The lowest BCUT2D eigenvalue weighted by atomic mass is 10.1. The van der Waals surface area contributed by atoms with Crippen LogP contribution >= 0.6 is 0 Å². The predicted molar refractivity (Wildman–Crippen MR) is 54.1 cm³/mol. The van der Waals surface area contributed by atoms with E-state index in [9.17, 15) is 0 Å². The molecular formula is C11H14N2O2. The summed E-state index contributed by atoms with van der Waals surface area (Å²) in [6.07, 6.45) is 1.13. The fraction of sp³-hybridized carbons (Fsp3) is 0.545. The van der Waals surface area contributed by atoms with Crippen molar-refractivity contribution in [2.75, 3.05) is 19.8 Å². The van der Waals surface area contributed by atoms with Crippen molar-refractivity contribution in [2.45, 2.75) is 13.0 Å². The van der Waals surface area contributed by atoms with E-state index in [1.807, 2.05) is 12.1 Å². The number of hydrogen-bond acceptors (Lipinski definition) is 4. The molecule has 1 unspecified atom stereocenters. The van der Waals surface area contributed by atoms with Crippen molar-refractivity contribution >= 4 is 0 Å². The number of furan rings is 1. The Balaban J connectivity index is 1.71. The quantitative estimate of drug-likeness (QED) is 0.806. The molecular weight excluding hydrogens is 192 g/mol. The summed E-state index contributed by atoms with van der Waals surface area (Å²) in [4.78, 5) is 0. The van der Waals surface area contributed by atoms with Crippen LogP contribution < -0.4 is 5.32 Å². The van der Waals surface area contributed by atoms with Gasteiger partial charge in [-0.2, -0.15) is 5.26 Å². The SMILES string of the molecule is N#Cc1ccc(CNCC2CCOC2)o1. The second kappa shape index (κ2) is 4.96. The normalized spacial score (nSPS) is 20.3. The lowest BCUT2D eigenvalue weighted by molar-refractivity contribution is 0.185. The first-order valence-electron chi connectivity index (χ1n) is 5.16. The van der Waals surface area contributed by atoms with Crippen molar-refractivity contribution in [1.82, 2.24) is 5.32 Å². The molecule has 80 valence electrons. The summed E-state index contributed by atoms with van der Waals surface area (Å²) in [6, 6.07) is 5.48. The second-order valence-electron chi connectivity index (χ2n) is 3.74. The average molecular weight is 206 g/mol. The van der Waals surface area contributed by atoms with Crippen molar-refractivity contribution in [3.8, 4) is 6.07 Å². The zero-order valence-electron chi connectivity index (χ0n) is 8.53. The van der Waals surface area contributed by atoms with Crippen LogP contribution in [0.3, 0.4) is 0 Å². The van der Waals surface area contributed by atoms with E-state index < -0.39 is 0 Å². The largest absolute Gasteiger partial charge is 0.449 e. The minimum atomic E-state index is 0.371. The molecule has 0 aromatic carbocycles. The summed E-state index contributed by atoms with van der Waals surface area (Å²) >= 11 is 0. The summed E-state index contributed by atoms with van der Waals surface area (Å²) in [7, 11) is 0. The molecule has 1 saturated heterocycles. The van der Waals surface area contributed by atoms with Gasteiger partial charge >= 0.3 is 0 Å². The van der Waals surface area contributed by atoms with Crippen LogP contribution in [0.4, 0.5) is 0 Å². The third-order valence-electron chi connectivity index (χ3n) is 2.53. The Morgan fingerprint density at radius 1 is 1.53 bits per heavy atom. The molecule has 0 radical (unpaired) electrons. The van der Waals surface area contributed by atoms with E-state index in [1.165, 1.54) is 0 Å². The summed E-state index contributed by atoms with van der Waals surface area (Å²) in [6.45, 7) is 3.36. The maximum atomic E-state index is 8.57. The van der Waals surface area contributed by atoms with E-state index in [2.05, 4.69) is 5.32 Å². The Kier molecular flexibility index (Phi) is 3.38. The van der Waals surface area contributed by atoms with E-state index in [1.54, 1.807) is 6.07 Å². The second-order valence-corrected chi connectivity index (χ2v) is 3.74. The van der Waals surface area contributed by atoms with Crippen molar-refractivity contribution in [2.24, 2.45) is 5.92 Å². The highest BCUT2D eigenvalue weighted by Crippen LogP contribution is 2.11. The van der Waals surface area contributed by atoms with Gasteiger partial charge in [0.1, 0.15) is 11.8 Å². The van der Waals surface area contributed by atoms with Crippen LogP contribution in [0.15, 0.2) is 16.5 Å². The molecule has 4 nitrogen and oxygen atoms in total. The van der Waals surface area contributed by atoms with Gasteiger partial charge in [0.25, 0.3) is 0 Å². The van der Waals surface area contributed by atoms with Crippen LogP contribution in [0.25, 0.3) is 0 Å². The molecule has 2 heterocycles. The number of nitriles is 1. The Morgan fingerprint density at radius 2 is 2.47 bits per heavy atom. The molecule has 0 bridgehead atoms. The molecule has 1 aliphatic heterocycles. The Hall–Kier alpha value is -1.31. The van der Waals surface area contributed by atoms with E-state index in [-0.39, 0.29) is 0 Å². The summed E-state index contributed by atoms with van der Waals surface area (Å²) in [5, 5.41) is 11.9. The van der Waals surface area contributed by atoms with Gasteiger partial charge in [0.05, 0.1) is 13.2 Å². The topological polar surface area (TPSA) is 58.2 Å². The highest BCUT2D eigenvalue weighted by molar-refractivity contribution is 5.18. The first-order chi connectivity index (χ1) is 7.38. The van der Waals surface area contributed by atoms with Crippen molar-refractivity contribution in [3.63, 3.8) is 0 Å². The number of nitrogens with one attached hydrogen (secondary N) is 1. The number of nitrogens with zero attached hydrogens (tertiary/aromatic N) is 1. The third-order valence-corrected chi connectivity index (χ3v) is 2.53. The van der Waals surface area contributed by atoms with E-state index in [0.29, 0.717) is 18.2 Å². The van der Waals surface area contributed by atoms with Crippen LogP contribution in [-0.4, -0.2) is 19.8 Å². The minimum Gasteiger partial charge on any atom is -0.449 e. The molecule has 1 N–H and O–H groups in total. The lowest BCUT2D eigenvalue weighted by Gasteiger charge is -2.07. The molecule has 1 fully saturated rings. The van der Waals surface area contributed by atoms with Gasteiger partial charge in [-0.05, 0) is 24.5 Å². The van der Waals surface area contributed by atoms with Crippen molar-refractivity contribution in [3.05, 3.63) is 23.7 Å². The predicted octanol–water partition coefficient (Wildman–Crippen LogP) is 1.28. The Morgan fingerprint density at radius 3 is 3.13 bits per heavy atom. The Labute approximate surface area is 88.8 Å². The number of ether oxygens (including phenoxy) is 1. The van der Waals surface area contributed by atoms with Gasteiger partial charge in [-0.1, -0.05) is 0 Å². The molecule has 0 saturated carbocycles.